The first-order valence-corrected chi connectivity index (χ1v) is 9.23. The minimum absolute atomic E-state index is 0.0231. The van der Waals surface area contributed by atoms with Crippen LogP contribution in [0.3, 0.4) is 0 Å². The Morgan fingerprint density at radius 3 is 2.48 bits per heavy atom. The SMILES string of the molecule is CCCC(=O)C1=C(c2ccccc2)N(C(=O)CCC)n2cnnc2S1. The van der Waals surface area contributed by atoms with Crippen molar-refractivity contribution in [1.82, 2.24) is 14.9 Å². The van der Waals surface area contributed by atoms with Gasteiger partial charge >= 0.3 is 0 Å². The molecule has 1 aromatic carbocycles. The topological polar surface area (TPSA) is 68.1 Å². The van der Waals surface area contributed by atoms with Crippen LogP contribution >= 0.6 is 11.8 Å². The van der Waals surface area contributed by atoms with E-state index in [1.807, 2.05) is 44.2 Å². The smallest absolute Gasteiger partial charge is 0.246 e. The molecule has 0 saturated heterocycles. The summed E-state index contributed by atoms with van der Waals surface area (Å²) in [5, 5.41) is 10.1. The molecule has 0 radical (unpaired) electrons. The number of fused-ring (bicyclic) bond motifs is 1. The molecule has 0 saturated carbocycles. The normalized spacial score (nSPS) is 13.8. The third kappa shape index (κ3) is 3.37. The summed E-state index contributed by atoms with van der Waals surface area (Å²) in [5.74, 6) is -0.0561. The molecule has 7 heteroatoms. The minimum Gasteiger partial charge on any atom is -0.294 e. The second-order valence-electron chi connectivity index (χ2n) is 5.73. The lowest BCUT2D eigenvalue weighted by molar-refractivity contribution is -0.119. The van der Waals surface area contributed by atoms with Gasteiger partial charge in [-0.05, 0) is 24.6 Å². The maximum atomic E-state index is 12.9. The van der Waals surface area contributed by atoms with Crippen LogP contribution in [-0.2, 0) is 9.59 Å². The lowest BCUT2D eigenvalue weighted by Crippen LogP contribution is -2.41. The summed E-state index contributed by atoms with van der Waals surface area (Å²) in [5.41, 5.74) is 1.45. The molecule has 0 unspecified atom stereocenters. The average molecular weight is 356 g/mol. The summed E-state index contributed by atoms with van der Waals surface area (Å²) in [6.07, 6.45) is 3.80. The van der Waals surface area contributed by atoms with E-state index >= 15 is 0 Å². The number of allylic oxidation sites excluding steroid dienone is 1. The highest BCUT2D eigenvalue weighted by molar-refractivity contribution is 8.04. The van der Waals surface area contributed by atoms with Crippen LogP contribution in [0.15, 0.2) is 46.7 Å². The first kappa shape index (κ1) is 17.4. The summed E-state index contributed by atoms with van der Waals surface area (Å²) in [4.78, 5) is 26.2. The first-order valence-electron chi connectivity index (χ1n) is 8.41. The van der Waals surface area contributed by atoms with Gasteiger partial charge in [-0.1, -0.05) is 44.2 Å². The molecular weight excluding hydrogens is 336 g/mol. The van der Waals surface area contributed by atoms with Crippen molar-refractivity contribution in [2.45, 2.75) is 44.7 Å². The number of carbonyl (C=O) groups excluding carboxylic acids is 2. The van der Waals surface area contributed by atoms with Gasteiger partial charge in [-0.2, -0.15) is 0 Å². The van der Waals surface area contributed by atoms with E-state index in [9.17, 15) is 9.59 Å². The molecule has 1 aromatic heterocycles. The predicted molar refractivity (Wildman–Crippen MR) is 97.3 cm³/mol. The van der Waals surface area contributed by atoms with E-state index < -0.39 is 0 Å². The van der Waals surface area contributed by atoms with Crippen LogP contribution in [0, 0.1) is 0 Å². The standard InChI is InChI=1S/C18H20N4O2S/c1-3-8-14(23)17-16(13-10-6-5-7-11-13)22(15(24)9-4-2)21-12-19-20-18(21)25-17/h5-7,10-12H,3-4,8-9H2,1-2H3. The van der Waals surface area contributed by atoms with E-state index in [1.54, 1.807) is 9.69 Å². The van der Waals surface area contributed by atoms with Gasteiger partial charge in [-0.15, -0.1) is 10.2 Å². The molecule has 25 heavy (non-hydrogen) atoms. The van der Waals surface area contributed by atoms with Gasteiger partial charge < -0.3 is 0 Å². The third-order valence-electron chi connectivity index (χ3n) is 3.81. The van der Waals surface area contributed by atoms with Crippen LogP contribution in [0.2, 0.25) is 0 Å². The number of ketones is 1. The number of hydrogen-bond donors (Lipinski definition) is 0. The second kappa shape index (κ2) is 7.65. The molecule has 0 aliphatic carbocycles. The van der Waals surface area contributed by atoms with Crippen LogP contribution in [0.1, 0.15) is 45.1 Å². The summed E-state index contributed by atoms with van der Waals surface area (Å²) in [7, 11) is 0. The van der Waals surface area contributed by atoms with Crippen molar-refractivity contribution in [3.05, 3.63) is 47.1 Å². The zero-order chi connectivity index (χ0) is 17.8. The summed E-state index contributed by atoms with van der Waals surface area (Å²) < 4.78 is 1.63. The van der Waals surface area contributed by atoms with Crippen molar-refractivity contribution < 1.29 is 9.59 Å². The Hall–Kier alpha value is -2.41. The quantitative estimate of drug-likeness (QED) is 0.794. The molecule has 0 fully saturated rings. The van der Waals surface area contributed by atoms with Crippen molar-refractivity contribution in [3.8, 4) is 0 Å². The van der Waals surface area contributed by atoms with Gasteiger partial charge in [-0.3, -0.25) is 9.59 Å². The van der Waals surface area contributed by atoms with E-state index in [4.69, 9.17) is 0 Å². The zero-order valence-corrected chi connectivity index (χ0v) is 15.1. The number of benzene rings is 1. The average Bonchev–Trinajstić information content (AvgIpc) is 3.09. The molecule has 3 rings (SSSR count). The number of aromatic nitrogens is 3. The van der Waals surface area contributed by atoms with E-state index in [-0.39, 0.29) is 11.7 Å². The van der Waals surface area contributed by atoms with E-state index in [2.05, 4.69) is 10.2 Å². The molecule has 1 amide bonds. The monoisotopic (exact) mass is 356 g/mol. The Morgan fingerprint density at radius 1 is 1.08 bits per heavy atom. The lowest BCUT2D eigenvalue weighted by Gasteiger charge is -2.32. The number of thioether (sulfide) groups is 1. The van der Waals surface area contributed by atoms with Crippen LogP contribution in [0.25, 0.3) is 5.70 Å². The van der Waals surface area contributed by atoms with Crippen LogP contribution < -0.4 is 5.01 Å². The number of rotatable bonds is 6. The second-order valence-corrected chi connectivity index (χ2v) is 6.71. The van der Waals surface area contributed by atoms with Crippen molar-refractivity contribution in [2.24, 2.45) is 0 Å². The number of Topliss-reactive ketones (excluding diaryl/α,β-unsaturated/α-hetero) is 1. The van der Waals surface area contributed by atoms with Gasteiger partial charge in [0.05, 0.1) is 10.6 Å². The molecule has 1 aliphatic rings. The van der Waals surface area contributed by atoms with Gasteiger partial charge in [-0.25, -0.2) is 9.69 Å². The van der Waals surface area contributed by atoms with Crippen molar-refractivity contribution >= 4 is 29.1 Å². The van der Waals surface area contributed by atoms with Gasteiger partial charge in [0.15, 0.2) is 5.78 Å². The Bertz CT molecular complexity index is 813. The van der Waals surface area contributed by atoms with E-state index in [1.165, 1.54) is 18.1 Å². The first-order chi connectivity index (χ1) is 12.2. The number of nitrogens with zero attached hydrogens (tertiary/aromatic N) is 4. The van der Waals surface area contributed by atoms with E-state index in [0.717, 1.165) is 18.4 Å². The molecule has 0 spiro atoms. The highest BCUT2D eigenvalue weighted by atomic mass is 32.2. The molecular formula is C18H20N4O2S. The fraction of sp³-hybridized carbons (Fsp3) is 0.333. The Balaban J connectivity index is 2.20. The Kier molecular flexibility index (Phi) is 5.33. The van der Waals surface area contributed by atoms with Gasteiger partial charge in [0.1, 0.15) is 6.33 Å². The van der Waals surface area contributed by atoms with Gasteiger partial charge in [0.25, 0.3) is 0 Å². The molecule has 6 nitrogen and oxygen atoms in total. The maximum Gasteiger partial charge on any atom is 0.246 e. The van der Waals surface area contributed by atoms with Crippen LogP contribution in [0.4, 0.5) is 0 Å². The fourth-order valence-electron chi connectivity index (χ4n) is 2.71. The highest BCUT2D eigenvalue weighted by Crippen LogP contribution is 2.39. The van der Waals surface area contributed by atoms with Crippen LogP contribution in [0.5, 0.6) is 0 Å². The molecule has 0 N–H and O–H groups in total. The third-order valence-corrected chi connectivity index (χ3v) is 4.89. The molecule has 130 valence electrons. The summed E-state index contributed by atoms with van der Waals surface area (Å²) >= 11 is 1.28. The predicted octanol–water partition coefficient (Wildman–Crippen LogP) is 3.39. The number of hydrogen-bond acceptors (Lipinski definition) is 5. The molecule has 1 aliphatic heterocycles. The van der Waals surface area contributed by atoms with Gasteiger partial charge in [0, 0.05) is 18.4 Å². The largest absolute Gasteiger partial charge is 0.294 e. The fourth-order valence-corrected chi connectivity index (χ4v) is 3.72. The Morgan fingerprint density at radius 2 is 1.80 bits per heavy atom. The minimum atomic E-state index is -0.0792. The van der Waals surface area contributed by atoms with Crippen LogP contribution in [-0.4, -0.2) is 26.6 Å². The molecule has 2 heterocycles. The maximum absolute atomic E-state index is 12.9. The number of carbonyl (C=O) groups is 2. The lowest BCUT2D eigenvalue weighted by atomic mass is 10.1. The Labute approximate surface area is 150 Å². The van der Waals surface area contributed by atoms with Crippen molar-refractivity contribution in [2.75, 3.05) is 5.01 Å². The molecule has 2 aromatic rings. The van der Waals surface area contributed by atoms with Crippen molar-refractivity contribution in [1.29, 1.82) is 0 Å². The van der Waals surface area contributed by atoms with E-state index in [0.29, 0.717) is 28.6 Å². The summed E-state index contributed by atoms with van der Waals surface area (Å²) in [6, 6.07) is 9.54. The molecule has 0 bridgehead atoms. The molecule has 0 atom stereocenters. The summed E-state index contributed by atoms with van der Waals surface area (Å²) in [6.45, 7) is 3.93. The number of amides is 1. The van der Waals surface area contributed by atoms with Gasteiger partial charge in [0.2, 0.25) is 11.1 Å². The zero-order valence-electron chi connectivity index (χ0n) is 14.3. The highest BCUT2D eigenvalue weighted by Gasteiger charge is 2.34. The van der Waals surface area contributed by atoms with Crippen molar-refractivity contribution in [3.63, 3.8) is 0 Å².